The van der Waals surface area contributed by atoms with Gasteiger partial charge in [-0.25, -0.2) is 0 Å². The van der Waals surface area contributed by atoms with Crippen LogP contribution < -0.4 is 11.1 Å². The maximum Gasteiger partial charge on any atom is 0.0290 e. The molecule has 2 heteroatoms. The highest BCUT2D eigenvalue weighted by atomic mass is 14.9. The molecule has 0 saturated carbocycles. The Balaban J connectivity index is 3.02. The average molecular weight is 297 g/mol. The third kappa shape index (κ3) is 19.5. The average Bonchev–Trinajstić information content (AvgIpc) is 2.46. The third-order valence-electron chi connectivity index (χ3n) is 3.90. The third-order valence-corrected chi connectivity index (χ3v) is 3.90. The van der Waals surface area contributed by atoms with Crippen LogP contribution in [0.2, 0.25) is 0 Å². The van der Waals surface area contributed by atoms with Gasteiger partial charge in [0.15, 0.2) is 0 Å². The Bertz CT molecular complexity index is 212. The zero-order chi connectivity index (χ0) is 15.6. The summed E-state index contributed by atoms with van der Waals surface area (Å²) in [7, 11) is 0. The standard InChI is InChI=1S/C19H40N2/c1-3-4-5-6-7-8-9-10-11-12-13-14-15-16-17-21-18-19(2)20/h16-17,19,21H,3-15,18,20H2,1-2H3. The lowest BCUT2D eigenvalue weighted by Gasteiger charge is -2.03. The molecule has 126 valence electrons. The fraction of sp³-hybridized carbons (Fsp3) is 0.895. The quantitative estimate of drug-likeness (QED) is 0.368. The minimum absolute atomic E-state index is 0.237. The molecule has 0 aliphatic heterocycles. The lowest BCUT2D eigenvalue weighted by Crippen LogP contribution is -2.27. The number of nitrogens with one attached hydrogen (secondary N) is 1. The Morgan fingerprint density at radius 3 is 1.76 bits per heavy atom. The minimum atomic E-state index is 0.237. The second-order valence-corrected chi connectivity index (χ2v) is 6.47. The highest BCUT2D eigenvalue weighted by Gasteiger charge is 1.93. The fourth-order valence-corrected chi connectivity index (χ4v) is 2.52. The van der Waals surface area contributed by atoms with Crippen LogP contribution in [0.4, 0.5) is 0 Å². The molecule has 3 N–H and O–H groups in total. The second kappa shape index (κ2) is 17.6. The summed E-state index contributed by atoms with van der Waals surface area (Å²) in [5.41, 5.74) is 5.66. The van der Waals surface area contributed by atoms with Crippen molar-refractivity contribution in [3.8, 4) is 0 Å². The molecule has 0 bridgehead atoms. The largest absolute Gasteiger partial charge is 0.390 e. The summed E-state index contributed by atoms with van der Waals surface area (Å²) in [6.07, 6.45) is 22.5. The molecule has 2 nitrogen and oxygen atoms in total. The van der Waals surface area contributed by atoms with Gasteiger partial charge in [-0.3, -0.25) is 0 Å². The normalized spacial score (nSPS) is 12.9. The van der Waals surface area contributed by atoms with E-state index in [1.165, 1.54) is 83.5 Å². The van der Waals surface area contributed by atoms with Crippen molar-refractivity contribution in [3.63, 3.8) is 0 Å². The summed E-state index contributed by atoms with van der Waals surface area (Å²) in [4.78, 5) is 0. The maximum absolute atomic E-state index is 5.66. The molecule has 0 heterocycles. The Morgan fingerprint density at radius 2 is 1.29 bits per heavy atom. The fourth-order valence-electron chi connectivity index (χ4n) is 2.52. The Morgan fingerprint density at radius 1 is 0.810 bits per heavy atom. The zero-order valence-corrected chi connectivity index (χ0v) is 14.7. The van der Waals surface area contributed by atoms with Crippen molar-refractivity contribution >= 4 is 0 Å². The summed E-state index contributed by atoms with van der Waals surface area (Å²) in [5.74, 6) is 0. The van der Waals surface area contributed by atoms with Gasteiger partial charge in [-0.1, -0.05) is 83.6 Å². The van der Waals surface area contributed by atoms with Crippen LogP contribution in [0.1, 0.15) is 97.3 Å². The molecule has 0 saturated heterocycles. The van der Waals surface area contributed by atoms with Gasteiger partial charge in [0, 0.05) is 12.6 Å². The van der Waals surface area contributed by atoms with Gasteiger partial charge in [-0.15, -0.1) is 0 Å². The number of unbranched alkanes of at least 4 members (excludes halogenated alkanes) is 12. The first-order valence-corrected chi connectivity index (χ1v) is 9.41. The summed E-state index contributed by atoms with van der Waals surface area (Å²) in [5, 5.41) is 3.22. The Kier molecular flexibility index (Phi) is 17.1. The molecule has 0 spiro atoms. The van der Waals surface area contributed by atoms with Crippen molar-refractivity contribution < 1.29 is 0 Å². The van der Waals surface area contributed by atoms with E-state index in [2.05, 4.69) is 24.5 Å². The highest BCUT2D eigenvalue weighted by Crippen LogP contribution is 2.12. The molecular formula is C19H40N2. The van der Waals surface area contributed by atoms with E-state index >= 15 is 0 Å². The minimum Gasteiger partial charge on any atom is -0.390 e. The van der Waals surface area contributed by atoms with Gasteiger partial charge in [0.05, 0.1) is 0 Å². The SMILES string of the molecule is CCCCCCCCCCCCCCC=CNCC(C)N. The van der Waals surface area contributed by atoms with Crippen LogP contribution in [0.3, 0.4) is 0 Å². The Labute approximate surface area is 134 Å². The van der Waals surface area contributed by atoms with E-state index in [0.717, 1.165) is 6.54 Å². The van der Waals surface area contributed by atoms with E-state index in [-0.39, 0.29) is 6.04 Å². The topological polar surface area (TPSA) is 38.0 Å². The molecule has 0 aromatic heterocycles. The van der Waals surface area contributed by atoms with E-state index in [0.29, 0.717) is 0 Å². The number of hydrogen-bond acceptors (Lipinski definition) is 2. The predicted octanol–water partition coefficient (Wildman–Crippen LogP) is 5.53. The maximum atomic E-state index is 5.66. The predicted molar refractivity (Wildman–Crippen MR) is 96.5 cm³/mol. The second-order valence-electron chi connectivity index (χ2n) is 6.47. The summed E-state index contributed by atoms with van der Waals surface area (Å²) in [6, 6.07) is 0.237. The van der Waals surface area contributed by atoms with E-state index in [4.69, 9.17) is 5.73 Å². The van der Waals surface area contributed by atoms with Crippen LogP contribution in [0.25, 0.3) is 0 Å². The van der Waals surface area contributed by atoms with E-state index < -0.39 is 0 Å². The van der Waals surface area contributed by atoms with Crippen molar-refractivity contribution in [2.75, 3.05) is 6.54 Å². The summed E-state index contributed by atoms with van der Waals surface area (Å²) < 4.78 is 0. The van der Waals surface area contributed by atoms with Gasteiger partial charge >= 0.3 is 0 Å². The van der Waals surface area contributed by atoms with Crippen LogP contribution in [0.5, 0.6) is 0 Å². The lowest BCUT2D eigenvalue weighted by molar-refractivity contribution is 0.544. The van der Waals surface area contributed by atoms with Crippen molar-refractivity contribution in [1.29, 1.82) is 0 Å². The molecule has 0 aromatic rings. The van der Waals surface area contributed by atoms with Crippen LogP contribution in [-0.4, -0.2) is 12.6 Å². The van der Waals surface area contributed by atoms with E-state index in [1.807, 2.05) is 6.92 Å². The smallest absolute Gasteiger partial charge is 0.0290 e. The first-order valence-electron chi connectivity index (χ1n) is 9.41. The molecule has 0 rings (SSSR count). The van der Waals surface area contributed by atoms with E-state index in [1.54, 1.807) is 0 Å². The summed E-state index contributed by atoms with van der Waals surface area (Å²) >= 11 is 0. The lowest BCUT2D eigenvalue weighted by atomic mass is 10.0. The molecule has 0 aliphatic rings. The molecule has 0 amide bonds. The molecule has 0 aromatic carbocycles. The van der Waals surface area contributed by atoms with Crippen LogP contribution in [0.15, 0.2) is 12.3 Å². The van der Waals surface area contributed by atoms with E-state index in [9.17, 15) is 0 Å². The number of nitrogens with two attached hydrogens (primary N) is 1. The molecular weight excluding hydrogens is 256 g/mol. The van der Waals surface area contributed by atoms with Gasteiger partial charge in [0.25, 0.3) is 0 Å². The molecule has 0 fully saturated rings. The molecule has 1 atom stereocenters. The number of hydrogen-bond donors (Lipinski definition) is 2. The molecule has 0 aliphatic carbocycles. The number of rotatable bonds is 16. The Hall–Kier alpha value is -0.500. The van der Waals surface area contributed by atoms with Crippen LogP contribution >= 0.6 is 0 Å². The van der Waals surface area contributed by atoms with Crippen molar-refractivity contribution in [2.45, 2.75) is 103 Å². The first-order chi connectivity index (χ1) is 10.3. The zero-order valence-electron chi connectivity index (χ0n) is 14.7. The van der Waals surface area contributed by atoms with Crippen molar-refractivity contribution in [3.05, 3.63) is 12.3 Å². The van der Waals surface area contributed by atoms with Gasteiger partial charge in [0.2, 0.25) is 0 Å². The highest BCUT2D eigenvalue weighted by molar-refractivity contribution is 4.80. The molecule has 0 radical (unpaired) electrons. The van der Waals surface area contributed by atoms with Gasteiger partial charge in [-0.2, -0.15) is 0 Å². The van der Waals surface area contributed by atoms with Gasteiger partial charge in [-0.05, 0) is 26.0 Å². The molecule has 1 unspecified atom stereocenters. The first kappa shape index (κ1) is 20.5. The monoisotopic (exact) mass is 296 g/mol. The van der Waals surface area contributed by atoms with Crippen LogP contribution in [0, 0.1) is 0 Å². The molecule has 21 heavy (non-hydrogen) atoms. The van der Waals surface area contributed by atoms with Crippen LogP contribution in [-0.2, 0) is 0 Å². The number of allylic oxidation sites excluding steroid dienone is 1. The van der Waals surface area contributed by atoms with Crippen molar-refractivity contribution in [2.24, 2.45) is 5.73 Å². The van der Waals surface area contributed by atoms with Crippen molar-refractivity contribution in [1.82, 2.24) is 5.32 Å². The van der Waals surface area contributed by atoms with Gasteiger partial charge < -0.3 is 11.1 Å². The van der Waals surface area contributed by atoms with Gasteiger partial charge in [0.1, 0.15) is 0 Å². The summed E-state index contributed by atoms with van der Waals surface area (Å²) in [6.45, 7) is 5.17.